The molecule has 2 fully saturated rings. The predicted molar refractivity (Wildman–Crippen MR) is 191 cm³/mol. The van der Waals surface area contributed by atoms with E-state index in [4.69, 9.17) is 18.9 Å². The Hall–Kier alpha value is -3.83. The molecule has 0 bridgehead atoms. The molecule has 11 heteroatoms. The van der Waals surface area contributed by atoms with Gasteiger partial charge in [-0.1, -0.05) is 12.5 Å². The molecule has 0 radical (unpaired) electrons. The van der Waals surface area contributed by atoms with E-state index < -0.39 is 0 Å². The number of nitrogens with zero attached hydrogens (tertiary/aromatic N) is 2. The highest BCUT2D eigenvalue weighted by Gasteiger charge is 2.35. The average Bonchev–Trinajstić information content (AvgIpc) is 3.35. The summed E-state index contributed by atoms with van der Waals surface area (Å²) in [6.45, 7) is 6.19. The Bertz CT molecular complexity index is 1530. The van der Waals surface area contributed by atoms with Crippen molar-refractivity contribution < 1.29 is 28.5 Å². The first-order valence-electron chi connectivity index (χ1n) is 17.8. The maximum atomic E-state index is 13.7. The second kappa shape index (κ2) is 17.2. The van der Waals surface area contributed by atoms with Crippen LogP contribution in [0.15, 0.2) is 29.1 Å². The molecule has 1 aliphatic carbocycles. The molecule has 5 rings (SSSR count). The summed E-state index contributed by atoms with van der Waals surface area (Å²) >= 11 is 0. The number of fused-ring (bicyclic) bond motifs is 4. The first-order valence-corrected chi connectivity index (χ1v) is 17.8. The summed E-state index contributed by atoms with van der Waals surface area (Å²) in [4.78, 5) is 44.1. The van der Waals surface area contributed by atoms with E-state index in [-0.39, 0.29) is 23.3 Å². The van der Waals surface area contributed by atoms with E-state index in [2.05, 4.69) is 15.5 Å². The fourth-order valence-corrected chi connectivity index (χ4v) is 8.07. The average molecular weight is 679 g/mol. The molecule has 11 nitrogen and oxygen atoms in total. The molecule has 2 amide bonds. The smallest absolute Gasteiger partial charge is 0.222 e. The molecule has 3 atom stereocenters. The van der Waals surface area contributed by atoms with Crippen LogP contribution in [-0.4, -0.2) is 95.4 Å². The van der Waals surface area contributed by atoms with E-state index in [0.29, 0.717) is 85.8 Å². The van der Waals surface area contributed by atoms with Crippen molar-refractivity contribution in [3.05, 3.63) is 45.6 Å². The molecule has 268 valence electrons. The number of nitrogens with one attached hydrogen (secondary N) is 2. The van der Waals surface area contributed by atoms with E-state index in [1.807, 2.05) is 17.0 Å². The molecule has 0 spiro atoms. The zero-order valence-electron chi connectivity index (χ0n) is 29.9. The Balaban J connectivity index is 1.33. The maximum absolute atomic E-state index is 13.7. The number of benzene rings is 1. The van der Waals surface area contributed by atoms with Crippen molar-refractivity contribution in [2.45, 2.75) is 76.8 Å². The van der Waals surface area contributed by atoms with Gasteiger partial charge in [0.25, 0.3) is 0 Å². The summed E-state index contributed by atoms with van der Waals surface area (Å²) in [6, 6.07) is 7.43. The van der Waals surface area contributed by atoms with Gasteiger partial charge in [0.05, 0.1) is 39.7 Å². The van der Waals surface area contributed by atoms with Crippen molar-refractivity contribution in [1.29, 1.82) is 0 Å². The van der Waals surface area contributed by atoms with Crippen LogP contribution in [0.5, 0.6) is 17.2 Å². The molecule has 2 aliphatic heterocycles. The van der Waals surface area contributed by atoms with Gasteiger partial charge in [-0.2, -0.15) is 0 Å². The van der Waals surface area contributed by atoms with E-state index in [0.717, 1.165) is 23.2 Å². The molecule has 2 saturated heterocycles. The van der Waals surface area contributed by atoms with Gasteiger partial charge < -0.3 is 39.4 Å². The van der Waals surface area contributed by atoms with Crippen LogP contribution in [0.25, 0.3) is 11.1 Å². The van der Waals surface area contributed by atoms with Crippen LogP contribution in [0.2, 0.25) is 0 Å². The lowest BCUT2D eigenvalue weighted by Crippen LogP contribution is -2.52. The number of aryl methyl sites for hydroxylation is 1. The molecule has 2 heterocycles. The highest BCUT2D eigenvalue weighted by molar-refractivity contribution is 5.84. The maximum Gasteiger partial charge on any atom is 0.222 e. The number of piperidine rings is 2. The summed E-state index contributed by atoms with van der Waals surface area (Å²) < 4.78 is 22.6. The molecule has 2 N–H and O–H groups in total. The van der Waals surface area contributed by atoms with Gasteiger partial charge >= 0.3 is 0 Å². The largest absolute Gasteiger partial charge is 0.493 e. The van der Waals surface area contributed by atoms with Gasteiger partial charge in [-0.05, 0) is 98.8 Å². The number of hydrogen-bond acceptors (Lipinski definition) is 9. The minimum Gasteiger partial charge on any atom is -0.493 e. The highest BCUT2D eigenvalue weighted by atomic mass is 16.5. The van der Waals surface area contributed by atoms with E-state index in [1.165, 1.54) is 52.1 Å². The number of rotatable bonds is 14. The minimum atomic E-state index is -0.380. The summed E-state index contributed by atoms with van der Waals surface area (Å²) in [5, 5.41) is 6.35. The number of amides is 2. The molecule has 3 aliphatic rings. The van der Waals surface area contributed by atoms with Crippen molar-refractivity contribution >= 4 is 17.5 Å². The van der Waals surface area contributed by atoms with Crippen molar-refractivity contribution in [3.8, 4) is 28.4 Å². The number of hydrogen-bond donors (Lipinski definition) is 2. The lowest BCUT2D eigenvalue weighted by atomic mass is 9.83. The minimum absolute atomic E-state index is 0.130. The molecule has 0 saturated carbocycles. The fourth-order valence-electron chi connectivity index (χ4n) is 8.07. The first kappa shape index (κ1) is 36.5. The molecule has 0 aromatic heterocycles. The van der Waals surface area contributed by atoms with Crippen LogP contribution >= 0.6 is 0 Å². The van der Waals surface area contributed by atoms with Gasteiger partial charge in [0.15, 0.2) is 11.5 Å². The lowest BCUT2D eigenvalue weighted by Gasteiger charge is -2.45. The molecule has 3 unspecified atom stereocenters. The zero-order valence-corrected chi connectivity index (χ0v) is 29.9. The van der Waals surface area contributed by atoms with Crippen molar-refractivity contribution in [2.75, 3.05) is 73.1 Å². The van der Waals surface area contributed by atoms with Gasteiger partial charge in [-0.15, -0.1) is 0 Å². The second-order valence-electron chi connectivity index (χ2n) is 13.5. The molecular formula is C38H54N4O7. The van der Waals surface area contributed by atoms with Crippen LogP contribution in [0.1, 0.15) is 75.5 Å². The van der Waals surface area contributed by atoms with Crippen LogP contribution in [-0.2, 0) is 20.7 Å². The quantitative estimate of drug-likeness (QED) is 0.272. The number of carbonyl (C=O) groups is 2. The number of anilines is 1. The van der Waals surface area contributed by atoms with Crippen LogP contribution in [0.4, 0.5) is 5.69 Å². The van der Waals surface area contributed by atoms with Gasteiger partial charge in [-0.3, -0.25) is 14.4 Å². The zero-order chi connectivity index (χ0) is 34.9. The van der Waals surface area contributed by atoms with E-state index in [1.54, 1.807) is 40.6 Å². The predicted octanol–water partition coefficient (Wildman–Crippen LogP) is 4.79. The third-order valence-electron chi connectivity index (χ3n) is 10.4. The second-order valence-corrected chi connectivity index (χ2v) is 13.5. The van der Waals surface area contributed by atoms with Gasteiger partial charge in [0.2, 0.25) is 23.0 Å². The highest BCUT2D eigenvalue weighted by Crippen LogP contribution is 2.50. The normalized spacial score (nSPS) is 20.1. The van der Waals surface area contributed by atoms with Gasteiger partial charge in [0.1, 0.15) is 0 Å². The topological polar surface area (TPSA) is 119 Å². The molecule has 2 aromatic rings. The summed E-state index contributed by atoms with van der Waals surface area (Å²) in [5.74, 6) is 1.98. The lowest BCUT2D eigenvalue weighted by molar-refractivity contribution is -0.133. The van der Waals surface area contributed by atoms with E-state index in [9.17, 15) is 14.4 Å². The van der Waals surface area contributed by atoms with Crippen molar-refractivity contribution in [2.24, 2.45) is 5.92 Å². The monoisotopic (exact) mass is 678 g/mol. The number of ether oxygens (including phenoxy) is 4. The summed E-state index contributed by atoms with van der Waals surface area (Å²) in [7, 11) is 6.41. The van der Waals surface area contributed by atoms with E-state index >= 15 is 0 Å². The molecular weight excluding hydrogens is 624 g/mol. The third kappa shape index (κ3) is 8.49. The first-order chi connectivity index (χ1) is 23.8. The Kier molecular flexibility index (Phi) is 12.8. The summed E-state index contributed by atoms with van der Waals surface area (Å²) in [6.07, 6.45) is 8.32. The molecule has 2 aromatic carbocycles. The Labute approximate surface area is 290 Å². The number of carbonyl (C=O) groups excluding carboxylic acids is 2. The van der Waals surface area contributed by atoms with Crippen LogP contribution in [0, 0.1) is 5.92 Å². The van der Waals surface area contributed by atoms with Crippen LogP contribution < -0.4 is 30.3 Å². The fraction of sp³-hybridized carbons (Fsp3) is 0.605. The van der Waals surface area contributed by atoms with Gasteiger partial charge in [-0.25, -0.2) is 0 Å². The Morgan fingerprint density at radius 1 is 0.959 bits per heavy atom. The SMILES string of the molecule is COCCN(CC1CCCN2CCCCC12)C(=O)CCCNc1ccc2c(cc1=O)C(NC(C)=O)CCc1cc(OC)c(OC)c(OC)c1-2. The van der Waals surface area contributed by atoms with Crippen molar-refractivity contribution in [1.82, 2.24) is 15.1 Å². The Morgan fingerprint density at radius 3 is 2.49 bits per heavy atom. The van der Waals surface area contributed by atoms with Crippen LogP contribution in [0.3, 0.4) is 0 Å². The number of methoxy groups -OCH3 is 4. The summed E-state index contributed by atoms with van der Waals surface area (Å²) in [5.41, 5.74) is 3.50. The van der Waals surface area contributed by atoms with Crippen molar-refractivity contribution in [3.63, 3.8) is 0 Å². The van der Waals surface area contributed by atoms with Gasteiger partial charge in [0, 0.05) is 51.7 Å². The Morgan fingerprint density at radius 2 is 1.76 bits per heavy atom. The molecule has 49 heavy (non-hydrogen) atoms. The third-order valence-corrected chi connectivity index (χ3v) is 10.4. The standard InChI is InChI=1S/C38H54N4O7/c1-25(43)40-30-15-13-26-22-34(47-3)37(48-4)38(49-5)36(26)28-14-16-31(33(44)23-29(28)30)39-17-8-12-35(45)42(20-21-46-2)24-27-10-9-19-41-18-7-6-11-32(27)41/h14,16,22-23,27,30,32H,6-13,15,17-21,24H2,1-5H3,(H,39,44)(H,40,43).